The number of benzene rings is 1. The minimum Gasteiger partial charge on any atom is -0.444 e. The number of hydrogen-bond acceptors (Lipinski definition) is 4. The third kappa shape index (κ3) is 5.78. The molecule has 0 atom stereocenters. The van der Waals surface area contributed by atoms with Crippen LogP contribution in [0.4, 0.5) is 4.79 Å². The first-order valence-electron chi connectivity index (χ1n) is 10.1. The fourth-order valence-electron chi connectivity index (χ4n) is 3.85. The normalized spacial score (nSPS) is 19.8. The second-order valence-corrected chi connectivity index (χ2v) is 9.82. The van der Waals surface area contributed by atoms with Crippen molar-refractivity contribution in [2.75, 3.05) is 7.05 Å². The summed E-state index contributed by atoms with van der Waals surface area (Å²) in [5, 5.41) is 2.15. The van der Waals surface area contributed by atoms with E-state index in [0.29, 0.717) is 6.42 Å². The van der Waals surface area contributed by atoms with Gasteiger partial charge in [0.25, 0.3) is 0 Å². The molecule has 1 heterocycles. The van der Waals surface area contributed by atoms with Crippen molar-refractivity contribution in [3.63, 3.8) is 0 Å². The van der Waals surface area contributed by atoms with Crippen LogP contribution in [-0.4, -0.2) is 40.5 Å². The summed E-state index contributed by atoms with van der Waals surface area (Å²) >= 11 is 3.49. The van der Waals surface area contributed by atoms with Crippen LogP contribution in [0.5, 0.6) is 0 Å². The molecule has 1 fully saturated rings. The Kier molecular flexibility index (Phi) is 6.62. The molecule has 156 valence electrons. The van der Waals surface area contributed by atoms with Crippen molar-refractivity contribution in [1.82, 2.24) is 9.88 Å². The molecular weight excluding hydrogens is 432 g/mol. The molecule has 0 saturated heterocycles. The zero-order chi connectivity index (χ0) is 21.2. The molecule has 1 aromatic heterocycles. The number of aromatic nitrogens is 1. The number of halogens is 1. The molecule has 0 aliphatic heterocycles. The average molecular weight is 461 g/mol. The zero-order valence-corrected chi connectivity index (χ0v) is 19.2. The fraction of sp³-hybridized carbons (Fsp3) is 0.522. The first-order chi connectivity index (χ1) is 13.6. The third-order valence-electron chi connectivity index (χ3n) is 5.48. The van der Waals surface area contributed by atoms with Crippen LogP contribution in [0.3, 0.4) is 0 Å². The van der Waals surface area contributed by atoms with Crippen molar-refractivity contribution in [2.24, 2.45) is 5.92 Å². The van der Waals surface area contributed by atoms with Gasteiger partial charge in [0.15, 0.2) is 0 Å². The summed E-state index contributed by atoms with van der Waals surface area (Å²) in [5.74, 6) is 0.281. The van der Waals surface area contributed by atoms with Crippen molar-refractivity contribution < 1.29 is 14.3 Å². The maximum absolute atomic E-state index is 12.8. The van der Waals surface area contributed by atoms with Crippen LogP contribution in [0.15, 0.2) is 34.9 Å². The number of ketones is 1. The van der Waals surface area contributed by atoms with E-state index < -0.39 is 5.60 Å². The lowest BCUT2D eigenvalue weighted by Crippen LogP contribution is -2.43. The maximum atomic E-state index is 12.8. The Bertz CT molecular complexity index is 899. The minimum atomic E-state index is -0.499. The molecule has 0 bridgehead atoms. The second kappa shape index (κ2) is 8.82. The Labute approximate surface area is 181 Å². The summed E-state index contributed by atoms with van der Waals surface area (Å²) in [7, 11) is 1.79. The molecule has 0 N–H and O–H groups in total. The van der Waals surface area contributed by atoms with Gasteiger partial charge < -0.3 is 9.64 Å². The van der Waals surface area contributed by atoms with Gasteiger partial charge in [0.2, 0.25) is 0 Å². The molecule has 1 aliphatic rings. The van der Waals surface area contributed by atoms with E-state index in [2.05, 4.69) is 20.9 Å². The fourth-order valence-corrected chi connectivity index (χ4v) is 4.22. The lowest BCUT2D eigenvalue weighted by molar-refractivity contribution is -0.123. The second-order valence-electron chi connectivity index (χ2n) is 8.91. The van der Waals surface area contributed by atoms with Gasteiger partial charge in [-0.25, -0.2) is 4.79 Å². The Hall–Kier alpha value is -1.95. The highest BCUT2D eigenvalue weighted by Crippen LogP contribution is 2.29. The van der Waals surface area contributed by atoms with E-state index in [1.807, 2.05) is 51.2 Å². The summed E-state index contributed by atoms with van der Waals surface area (Å²) in [6, 6.07) is 8.18. The number of amides is 1. The van der Waals surface area contributed by atoms with Crippen molar-refractivity contribution >= 4 is 38.6 Å². The first kappa shape index (κ1) is 21.8. The van der Waals surface area contributed by atoms with Gasteiger partial charge in [0, 0.05) is 47.2 Å². The summed E-state index contributed by atoms with van der Waals surface area (Å²) in [6.07, 6.45) is 5.15. The quantitative estimate of drug-likeness (QED) is 0.601. The van der Waals surface area contributed by atoms with Gasteiger partial charge in [-0.3, -0.25) is 9.78 Å². The van der Waals surface area contributed by atoms with Gasteiger partial charge in [-0.2, -0.15) is 0 Å². The predicted molar refractivity (Wildman–Crippen MR) is 118 cm³/mol. The van der Waals surface area contributed by atoms with Gasteiger partial charge >= 0.3 is 6.09 Å². The largest absolute Gasteiger partial charge is 0.444 e. The van der Waals surface area contributed by atoms with Crippen LogP contribution in [0.1, 0.15) is 52.1 Å². The summed E-state index contributed by atoms with van der Waals surface area (Å²) in [4.78, 5) is 31.2. The molecule has 3 rings (SSSR count). The number of rotatable bonds is 4. The van der Waals surface area contributed by atoms with E-state index >= 15 is 0 Å². The Balaban J connectivity index is 1.55. The van der Waals surface area contributed by atoms with Crippen LogP contribution in [-0.2, 0) is 16.0 Å². The van der Waals surface area contributed by atoms with Crippen molar-refractivity contribution in [2.45, 2.75) is 64.5 Å². The number of nitrogens with zero attached hydrogens (tertiary/aromatic N) is 2. The van der Waals surface area contributed by atoms with Crippen molar-refractivity contribution in [3.05, 3.63) is 40.6 Å². The third-order valence-corrected chi connectivity index (χ3v) is 5.97. The average Bonchev–Trinajstić information content (AvgIpc) is 2.65. The van der Waals surface area contributed by atoms with Crippen LogP contribution in [0, 0.1) is 5.92 Å². The van der Waals surface area contributed by atoms with E-state index in [0.717, 1.165) is 46.6 Å². The molecule has 1 aliphatic carbocycles. The van der Waals surface area contributed by atoms with Crippen LogP contribution < -0.4 is 0 Å². The maximum Gasteiger partial charge on any atom is 0.410 e. The number of pyridine rings is 1. The standard InChI is InChI=1S/C23H29BrN2O3/c1-23(2,3)29-22(28)26(4)20-9-6-15(7-10-20)21(27)13-19-12-17-11-18(24)8-5-16(17)14-25-19/h5,8,11-12,14-15,20H,6-7,9-10,13H2,1-4H3. The molecular formula is C23H29BrN2O3. The molecule has 1 amide bonds. The monoisotopic (exact) mass is 460 g/mol. The number of ether oxygens (including phenoxy) is 1. The van der Waals surface area contributed by atoms with Crippen LogP contribution in [0.25, 0.3) is 10.8 Å². The number of carbonyl (C=O) groups excluding carboxylic acids is 2. The molecule has 6 heteroatoms. The minimum absolute atomic E-state index is 0.0401. The van der Waals surface area contributed by atoms with Gasteiger partial charge in [-0.15, -0.1) is 0 Å². The number of Topliss-reactive ketones (excluding diaryl/α,β-unsaturated/α-hetero) is 1. The number of fused-ring (bicyclic) bond motifs is 1. The van der Waals surface area contributed by atoms with Crippen LogP contribution in [0.2, 0.25) is 0 Å². The van der Waals surface area contributed by atoms with Gasteiger partial charge in [0.05, 0.1) is 0 Å². The highest BCUT2D eigenvalue weighted by Gasteiger charge is 2.31. The van der Waals surface area contributed by atoms with Gasteiger partial charge in [0.1, 0.15) is 11.4 Å². The molecule has 1 aromatic carbocycles. The Morgan fingerprint density at radius 2 is 1.83 bits per heavy atom. The summed E-state index contributed by atoms with van der Waals surface area (Å²) in [6.45, 7) is 5.61. The molecule has 0 spiro atoms. The summed E-state index contributed by atoms with van der Waals surface area (Å²) < 4.78 is 6.47. The van der Waals surface area contributed by atoms with Crippen LogP contribution >= 0.6 is 15.9 Å². The highest BCUT2D eigenvalue weighted by molar-refractivity contribution is 9.10. The van der Waals surface area contributed by atoms with E-state index in [9.17, 15) is 9.59 Å². The first-order valence-corrected chi connectivity index (χ1v) is 10.9. The topological polar surface area (TPSA) is 59.5 Å². The highest BCUT2D eigenvalue weighted by atomic mass is 79.9. The Morgan fingerprint density at radius 1 is 1.14 bits per heavy atom. The number of hydrogen-bond donors (Lipinski definition) is 0. The lowest BCUT2D eigenvalue weighted by Gasteiger charge is -2.35. The summed E-state index contributed by atoms with van der Waals surface area (Å²) in [5.41, 5.74) is 0.314. The van der Waals surface area contributed by atoms with Gasteiger partial charge in [-0.1, -0.05) is 22.0 Å². The molecule has 0 unspecified atom stereocenters. The zero-order valence-electron chi connectivity index (χ0n) is 17.6. The smallest absolute Gasteiger partial charge is 0.410 e. The number of carbonyl (C=O) groups is 2. The molecule has 5 nitrogen and oxygen atoms in total. The van der Waals surface area contributed by atoms with E-state index in [-0.39, 0.29) is 23.8 Å². The molecule has 1 saturated carbocycles. The lowest BCUT2D eigenvalue weighted by atomic mass is 9.82. The Morgan fingerprint density at radius 3 is 2.48 bits per heavy atom. The molecule has 29 heavy (non-hydrogen) atoms. The predicted octanol–water partition coefficient (Wildman–Crippen LogP) is 5.53. The molecule has 0 radical (unpaired) electrons. The van der Waals surface area contributed by atoms with Gasteiger partial charge in [-0.05, 0) is 70.0 Å². The SMILES string of the molecule is CN(C(=O)OC(C)(C)C)C1CCC(C(=O)Cc2cc3cc(Br)ccc3cn2)CC1. The van der Waals surface area contributed by atoms with E-state index in [1.54, 1.807) is 11.9 Å². The van der Waals surface area contributed by atoms with Crippen molar-refractivity contribution in [3.8, 4) is 0 Å². The molecule has 2 aromatic rings. The van der Waals surface area contributed by atoms with E-state index in [4.69, 9.17) is 4.74 Å². The van der Waals surface area contributed by atoms with Crippen molar-refractivity contribution in [1.29, 1.82) is 0 Å². The van der Waals surface area contributed by atoms with E-state index in [1.165, 1.54) is 0 Å².